The molecular weight excluding hydrogens is 200 g/mol. The monoisotopic (exact) mass is 212 g/mol. The predicted octanol–water partition coefficient (Wildman–Crippen LogP) is 2.84. The van der Waals surface area contributed by atoms with E-state index < -0.39 is 19.7 Å². The molecule has 0 atom stereocenters. The van der Waals surface area contributed by atoms with Crippen LogP contribution in [0.2, 0.25) is 0 Å². The number of carboxylic acid groups (broad SMARTS) is 2. The Labute approximate surface area is 76.1 Å². The van der Waals surface area contributed by atoms with Crippen LogP contribution in [0.3, 0.4) is 0 Å². The van der Waals surface area contributed by atoms with E-state index in [-0.39, 0.29) is 0 Å². The molecule has 72 valence electrons. The molecule has 0 saturated carbocycles. The molecule has 0 heterocycles. The molecule has 0 aromatic heterocycles. The summed E-state index contributed by atoms with van der Waals surface area (Å²) in [4.78, 5) is 21.1. The summed E-state index contributed by atoms with van der Waals surface area (Å²) < 4.78 is 0. The highest BCUT2D eigenvalue weighted by Gasteiger charge is 2.32. The standard InChI is InChI=1S/C6H12O4S2/c1-3-12(4-2,6(9)10)11-5(7)8/h3-4H2,1-2H3,(H,7,8)(H,9,10). The van der Waals surface area contributed by atoms with Crippen LogP contribution in [-0.2, 0) is 0 Å². The molecule has 0 amide bonds. The van der Waals surface area contributed by atoms with Gasteiger partial charge in [0.2, 0.25) is 0 Å². The van der Waals surface area contributed by atoms with E-state index in [0.29, 0.717) is 22.3 Å². The zero-order valence-electron chi connectivity index (χ0n) is 6.94. The largest absolute Gasteiger partial charge is 0.474 e. The van der Waals surface area contributed by atoms with Gasteiger partial charge in [-0.2, -0.15) is 0 Å². The molecule has 0 aromatic rings. The SMILES string of the molecule is CCS(CC)(SC(=O)O)C(=O)O. The lowest BCUT2D eigenvalue weighted by Gasteiger charge is -2.28. The molecule has 0 fully saturated rings. The molecule has 0 spiro atoms. The second-order valence-electron chi connectivity index (χ2n) is 2.00. The maximum absolute atomic E-state index is 10.8. The number of rotatable bonds is 2. The summed E-state index contributed by atoms with van der Waals surface area (Å²) in [6, 6.07) is 0. The van der Waals surface area contributed by atoms with Crippen molar-refractivity contribution in [2.45, 2.75) is 13.8 Å². The third-order valence-corrected chi connectivity index (χ3v) is 7.67. The van der Waals surface area contributed by atoms with Crippen molar-refractivity contribution in [1.29, 1.82) is 0 Å². The first-order valence-electron chi connectivity index (χ1n) is 3.42. The van der Waals surface area contributed by atoms with Gasteiger partial charge in [-0.3, -0.25) is 0 Å². The summed E-state index contributed by atoms with van der Waals surface area (Å²) in [5.41, 5.74) is 0. The van der Waals surface area contributed by atoms with Crippen LogP contribution >= 0.6 is 19.9 Å². The van der Waals surface area contributed by atoms with Crippen molar-refractivity contribution in [3.05, 3.63) is 0 Å². The van der Waals surface area contributed by atoms with Gasteiger partial charge in [-0.15, -0.1) is 0 Å². The molecule has 0 rings (SSSR count). The molecular formula is C6H12O4S2. The Bertz CT molecular complexity index is 188. The van der Waals surface area contributed by atoms with Crippen molar-refractivity contribution in [3.63, 3.8) is 0 Å². The molecule has 0 aliphatic carbocycles. The first-order chi connectivity index (χ1) is 5.48. The fourth-order valence-corrected chi connectivity index (χ4v) is 3.96. The van der Waals surface area contributed by atoms with Crippen molar-refractivity contribution in [3.8, 4) is 0 Å². The Balaban J connectivity index is 4.58. The number of carbonyl (C=O) groups is 2. The highest BCUT2D eigenvalue weighted by atomic mass is 33.2. The third kappa shape index (κ3) is 2.60. The highest BCUT2D eigenvalue weighted by molar-refractivity contribution is 9.03. The van der Waals surface area contributed by atoms with Crippen molar-refractivity contribution in [2.75, 3.05) is 11.5 Å². The molecule has 6 heteroatoms. The minimum absolute atomic E-state index is 0.399. The number of hydrogen-bond acceptors (Lipinski definition) is 3. The van der Waals surface area contributed by atoms with Gasteiger partial charge in [0.25, 0.3) is 0 Å². The zero-order valence-corrected chi connectivity index (χ0v) is 8.57. The van der Waals surface area contributed by atoms with Crippen LogP contribution in [0.4, 0.5) is 9.59 Å². The van der Waals surface area contributed by atoms with E-state index >= 15 is 0 Å². The van der Waals surface area contributed by atoms with Crippen LogP contribution < -0.4 is 0 Å². The average Bonchev–Trinajstić information content (AvgIpc) is 1.99. The van der Waals surface area contributed by atoms with E-state index in [1.165, 1.54) is 0 Å². The van der Waals surface area contributed by atoms with Gasteiger partial charge in [0.1, 0.15) is 0 Å². The maximum Gasteiger partial charge on any atom is 0.374 e. The van der Waals surface area contributed by atoms with E-state index in [0.717, 1.165) is 0 Å². The molecule has 0 aliphatic rings. The smallest absolute Gasteiger partial charge is 0.374 e. The lowest BCUT2D eigenvalue weighted by Crippen LogP contribution is -2.13. The Kier molecular flexibility index (Phi) is 4.47. The van der Waals surface area contributed by atoms with Crippen molar-refractivity contribution < 1.29 is 19.8 Å². The van der Waals surface area contributed by atoms with Gasteiger partial charge in [-0.25, -0.2) is 9.59 Å². The van der Waals surface area contributed by atoms with Gasteiger partial charge < -0.3 is 10.2 Å². The lowest BCUT2D eigenvalue weighted by atomic mass is 11.0. The van der Waals surface area contributed by atoms with Crippen molar-refractivity contribution in [1.82, 2.24) is 0 Å². The Morgan fingerprint density at radius 1 is 1.25 bits per heavy atom. The first kappa shape index (κ1) is 11.6. The van der Waals surface area contributed by atoms with Gasteiger partial charge in [-0.05, 0) is 11.5 Å². The summed E-state index contributed by atoms with van der Waals surface area (Å²) in [6.07, 6.45) is 0. The summed E-state index contributed by atoms with van der Waals surface area (Å²) in [5, 5.41) is 15.2. The van der Waals surface area contributed by atoms with E-state index in [2.05, 4.69) is 0 Å². The van der Waals surface area contributed by atoms with Crippen molar-refractivity contribution >= 4 is 30.5 Å². The minimum atomic E-state index is -2.05. The summed E-state index contributed by atoms with van der Waals surface area (Å²) >= 11 is 0. The van der Waals surface area contributed by atoms with Crippen LogP contribution in [0.15, 0.2) is 0 Å². The maximum atomic E-state index is 10.8. The lowest BCUT2D eigenvalue weighted by molar-refractivity contribution is 0.220. The fourth-order valence-electron chi connectivity index (χ4n) is 0.741. The van der Waals surface area contributed by atoms with Gasteiger partial charge in [0.05, 0.1) is 0 Å². The highest BCUT2D eigenvalue weighted by Crippen LogP contribution is 2.59. The van der Waals surface area contributed by atoms with Crippen LogP contribution in [0.25, 0.3) is 0 Å². The molecule has 2 N–H and O–H groups in total. The molecule has 0 unspecified atom stereocenters. The van der Waals surface area contributed by atoms with Crippen molar-refractivity contribution in [2.24, 2.45) is 0 Å². The van der Waals surface area contributed by atoms with Gasteiger partial charge in [0, 0.05) is 10.8 Å². The quantitative estimate of drug-likeness (QED) is 0.688. The third-order valence-electron chi connectivity index (χ3n) is 1.48. The van der Waals surface area contributed by atoms with E-state index in [1.54, 1.807) is 13.8 Å². The summed E-state index contributed by atoms with van der Waals surface area (Å²) in [5.74, 6) is 0.797. The first-order valence-corrected chi connectivity index (χ1v) is 6.73. The fraction of sp³-hybridized carbons (Fsp3) is 0.667. The van der Waals surface area contributed by atoms with Crippen LogP contribution in [-0.4, -0.2) is 32.3 Å². The molecule has 0 radical (unpaired) electrons. The average molecular weight is 212 g/mol. The molecule has 0 aromatic carbocycles. The topological polar surface area (TPSA) is 74.6 Å². The molecule has 0 aliphatic heterocycles. The normalized spacial score (nSPS) is 12.5. The van der Waals surface area contributed by atoms with Gasteiger partial charge >= 0.3 is 10.6 Å². The zero-order chi connectivity index (χ0) is 9.78. The summed E-state index contributed by atoms with van der Waals surface area (Å²) in [6.45, 7) is 3.42. The molecule has 12 heavy (non-hydrogen) atoms. The molecule has 0 saturated heterocycles. The van der Waals surface area contributed by atoms with Crippen LogP contribution in [0.5, 0.6) is 0 Å². The predicted molar refractivity (Wildman–Crippen MR) is 52.3 cm³/mol. The number of hydrogen-bond donors (Lipinski definition) is 2. The molecule has 4 nitrogen and oxygen atoms in total. The Morgan fingerprint density at radius 3 is 1.75 bits per heavy atom. The van der Waals surface area contributed by atoms with Crippen LogP contribution in [0.1, 0.15) is 13.8 Å². The van der Waals surface area contributed by atoms with E-state index in [4.69, 9.17) is 10.2 Å². The van der Waals surface area contributed by atoms with E-state index in [9.17, 15) is 9.59 Å². The Hall–Kier alpha value is -0.360. The second kappa shape index (κ2) is 4.61. The molecule has 0 bridgehead atoms. The summed E-state index contributed by atoms with van der Waals surface area (Å²) in [7, 11) is -1.50. The van der Waals surface area contributed by atoms with E-state index in [1.807, 2.05) is 0 Å². The van der Waals surface area contributed by atoms with Gasteiger partial charge in [-0.1, -0.05) is 22.9 Å². The van der Waals surface area contributed by atoms with Crippen LogP contribution in [0, 0.1) is 0 Å². The minimum Gasteiger partial charge on any atom is -0.474 e. The second-order valence-corrected chi connectivity index (χ2v) is 8.06. The Morgan fingerprint density at radius 2 is 1.67 bits per heavy atom. The van der Waals surface area contributed by atoms with Gasteiger partial charge in [0.15, 0.2) is 0 Å².